The van der Waals surface area contributed by atoms with Gasteiger partial charge >= 0.3 is 0 Å². The van der Waals surface area contributed by atoms with E-state index in [-0.39, 0.29) is 8.96 Å². The van der Waals surface area contributed by atoms with Crippen molar-refractivity contribution in [3.63, 3.8) is 0 Å². The lowest BCUT2D eigenvalue weighted by Crippen LogP contribution is -2.47. The molecule has 1 saturated heterocycles. The molecule has 1 fully saturated rings. The summed E-state index contributed by atoms with van der Waals surface area (Å²) >= 11 is 3.56. The Morgan fingerprint density at radius 1 is 1.44 bits per heavy atom. The van der Waals surface area contributed by atoms with Gasteiger partial charge in [-0.05, 0) is 29.8 Å². The molecule has 1 aliphatic heterocycles. The predicted octanol–water partition coefficient (Wildman–Crippen LogP) is 4.09. The molecule has 1 nitrogen and oxygen atoms in total. The first kappa shape index (κ1) is 12.5. The Morgan fingerprint density at radius 3 is 2.75 bits per heavy atom. The molecule has 1 radical (unpaired) electrons. The Bertz CT molecular complexity index is 381. The number of hydrogen-bond acceptors (Lipinski definition) is 1. The molecule has 0 spiro atoms. The molecule has 16 heavy (non-hydrogen) atoms. The van der Waals surface area contributed by atoms with E-state index in [2.05, 4.69) is 64.1 Å². The quantitative estimate of drug-likeness (QED) is 0.743. The van der Waals surface area contributed by atoms with Gasteiger partial charge in [-0.15, -0.1) is 0 Å². The Hall–Kier alpha value is 0.0938. The largest absolute Gasteiger partial charge is 0.343 e. The first-order valence-corrected chi connectivity index (χ1v) is 11.9. The zero-order valence-corrected chi connectivity index (χ0v) is 13.8. The van der Waals surface area contributed by atoms with Gasteiger partial charge in [-0.3, -0.25) is 0 Å². The summed E-state index contributed by atoms with van der Waals surface area (Å²) in [4.78, 5) is 0. The molecular formula is C12H19BrNSi2. The maximum absolute atomic E-state index is 3.56. The first-order valence-electron chi connectivity index (χ1n) is 5.83. The van der Waals surface area contributed by atoms with Crippen LogP contribution in [0.4, 0.5) is 0 Å². The minimum absolute atomic E-state index is 0.233. The molecule has 0 saturated carbocycles. The molecule has 0 aliphatic carbocycles. The fourth-order valence-electron chi connectivity index (χ4n) is 2.44. The van der Waals surface area contributed by atoms with Crippen molar-refractivity contribution in [1.82, 2.24) is 4.23 Å². The summed E-state index contributed by atoms with van der Waals surface area (Å²) in [6.07, 6.45) is 0. The first-order chi connectivity index (χ1) is 7.49. The summed E-state index contributed by atoms with van der Waals surface area (Å²) in [5.41, 5.74) is 1.46. The van der Waals surface area contributed by atoms with Crippen molar-refractivity contribution in [3.8, 4) is 0 Å². The Kier molecular flexibility index (Phi) is 3.73. The lowest BCUT2D eigenvalue weighted by molar-refractivity contribution is 0.639. The van der Waals surface area contributed by atoms with Gasteiger partial charge in [0.05, 0.1) is 0 Å². The average molecular weight is 313 g/mol. The minimum atomic E-state index is -1.07. The summed E-state index contributed by atoms with van der Waals surface area (Å²) in [7, 11) is -1.30. The fourth-order valence-corrected chi connectivity index (χ4v) is 13.2. The molecule has 0 N–H and O–H groups in total. The second-order valence-electron chi connectivity index (χ2n) is 5.26. The van der Waals surface area contributed by atoms with Crippen LogP contribution in [0.5, 0.6) is 0 Å². The zero-order chi connectivity index (χ0) is 11.8. The number of halogens is 1. The Morgan fingerprint density at radius 2 is 2.19 bits per heavy atom. The highest BCUT2D eigenvalue weighted by Crippen LogP contribution is 2.31. The van der Waals surface area contributed by atoms with Gasteiger partial charge in [-0.1, -0.05) is 47.7 Å². The van der Waals surface area contributed by atoms with Crippen LogP contribution in [-0.2, 0) is 6.54 Å². The van der Waals surface area contributed by atoms with Crippen LogP contribution >= 0.6 is 15.9 Å². The van der Waals surface area contributed by atoms with E-state index in [4.69, 9.17) is 0 Å². The van der Waals surface area contributed by atoms with Crippen LogP contribution in [-0.4, -0.2) is 21.4 Å². The van der Waals surface area contributed by atoms with E-state index in [0.29, 0.717) is 0 Å². The number of hydrogen-bond donors (Lipinski definition) is 0. The SMILES string of the molecule is C[Si]1CC[Si](C)(C)N1Cc1cccc(Br)c1. The van der Waals surface area contributed by atoms with E-state index in [1.165, 1.54) is 28.7 Å². The topological polar surface area (TPSA) is 3.24 Å². The highest BCUT2D eigenvalue weighted by atomic mass is 79.9. The van der Waals surface area contributed by atoms with Crippen LogP contribution < -0.4 is 0 Å². The molecular weight excluding hydrogens is 294 g/mol. The molecule has 1 heterocycles. The van der Waals surface area contributed by atoms with Crippen LogP contribution in [0.3, 0.4) is 0 Å². The van der Waals surface area contributed by atoms with Crippen LogP contribution in [0.15, 0.2) is 28.7 Å². The zero-order valence-electron chi connectivity index (χ0n) is 10.3. The molecule has 0 aromatic heterocycles. The van der Waals surface area contributed by atoms with Crippen LogP contribution in [0, 0.1) is 0 Å². The van der Waals surface area contributed by atoms with Crippen molar-refractivity contribution in [2.75, 3.05) is 0 Å². The monoisotopic (exact) mass is 312 g/mol. The van der Waals surface area contributed by atoms with Gasteiger partial charge in [0, 0.05) is 11.0 Å². The fraction of sp³-hybridized carbons (Fsp3) is 0.500. The van der Waals surface area contributed by atoms with Crippen LogP contribution in [0.1, 0.15) is 5.56 Å². The smallest absolute Gasteiger partial charge is 0.126 e. The molecule has 0 bridgehead atoms. The molecule has 0 unspecified atom stereocenters. The summed E-state index contributed by atoms with van der Waals surface area (Å²) < 4.78 is 4.06. The molecule has 1 aromatic carbocycles. The molecule has 0 amide bonds. The summed E-state index contributed by atoms with van der Waals surface area (Å²) in [5, 5.41) is 0. The number of benzene rings is 1. The van der Waals surface area contributed by atoms with E-state index in [0.717, 1.165) is 0 Å². The van der Waals surface area contributed by atoms with Crippen molar-refractivity contribution in [1.29, 1.82) is 0 Å². The van der Waals surface area contributed by atoms with Crippen LogP contribution in [0.25, 0.3) is 0 Å². The number of nitrogens with zero attached hydrogens (tertiary/aromatic N) is 1. The lowest BCUT2D eigenvalue weighted by atomic mass is 10.2. The van der Waals surface area contributed by atoms with E-state index >= 15 is 0 Å². The third kappa shape index (κ3) is 2.67. The normalized spacial score (nSPS) is 21.5. The van der Waals surface area contributed by atoms with E-state index in [1.54, 1.807) is 0 Å². The molecule has 87 valence electrons. The third-order valence-electron chi connectivity index (χ3n) is 3.52. The molecule has 2 rings (SSSR count). The maximum atomic E-state index is 3.56. The predicted molar refractivity (Wildman–Crippen MR) is 78.4 cm³/mol. The van der Waals surface area contributed by atoms with Gasteiger partial charge in [-0.2, -0.15) is 0 Å². The highest BCUT2D eigenvalue weighted by molar-refractivity contribution is 9.10. The van der Waals surface area contributed by atoms with E-state index in [9.17, 15) is 0 Å². The second-order valence-corrected chi connectivity index (χ2v) is 13.8. The van der Waals surface area contributed by atoms with Gasteiger partial charge in [-0.25, -0.2) is 0 Å². The maximum Gasteiger partial charge on any atom is 0.126 e. The molecule has 4 heteroatoms. The van der Waals surface area contributed by atoms with Crippen molar-refractivity contribution in [2.45, 2.75) is 38.3 Å². The van der Waals surface area contributed by atoms with Crippen LogP contribution in [0.2, 0.25) is 31.7 Å². The highest BCUT2D eigenvalue weighted by Gasteiger charge is 2.39. The van der Waals surface area contributed by atoms with Gasteiger partial charge in [0.2, 0.25) is 0 Å². The standard InChI is InChI=1S/C12H19BrNSi2/c1-15-7-8-16(2,3)14(15)10-11-5-4-6-12(13)9-11/h4-6,9H,7-8,10H2,1-3H3. The van der Waals surface area contributed by atoms with Gasteiger partial charge in [0.1, 0.15) is 17.2 Å². The van der Waals surface area contributed by atoms with Crippen molar-refractivity contribution in [2.24, 2.45) is 0 Å². The molecule has 1 aromatic rings. The van der Waals surface area contributed by atoms with E-state index in [1.807, 2.05) is 0 Å². The van der Waals surface area contributed by atoms with Crippen molar-refractivity contribution in [3.05, 3.63) is 34.3 Å². The summed E-state index contributed by atoms with van der Waals surface area (Å²) in [6.45, 7) is 8.69. The van der Waals surface area contributed by atoms with Crippen molar-refractivity contribution >= 4 is 33.1 Å². The third-order valence-corrected chi connectivity index (χ3v) is 12.6. The molecule has 0 atom stereocenters. The lowest BCUT2D eigenvalue weighted by Gasteiger charge is -2.33. The summed E-state index contributed by atoms with van der Waals surface area (Å²) in [6, 6.07) is 11.7. The van der Waals surface area contributed by atoms with Gasteiger partial charge in [0.25, 0.3) is 0 Å². The van der Waals surface area contributed by atoms with Gasteiger partial charge < -0.3 is 4.23 Å². The second kappa shape index (κ2) is 4.76. The van der Waals surface area contributed by atoms with E-state index < -0.39 is 8.24 Å². The van der Waals surface area contributed by atoms with Gasteiger partial charge in [0.15, 0.2) is 0 Å². The average Bonchev–Trinajstić information content (AvgIpc) is 2.45. The Balaban J connectivity index is 2.15. The number of rotatable bonds is 2. The Labute approximate surface area is 110 Å². The molecule has 1 aliphatic rings. The minimum Gasteiger partial charge on any atom is -0.343 e. The summed E-state index contributed by atoms with van der Waals surface area (Å²) in [5.74, 6) is 0. The van der Waals surface area contributed by atoms with Crippen molar-refractivity contribution < 1.29 is 0 Å².